The zero-order chi connectivity index (χ0) is 9.02. The Balaban J connectivity index is 4.62. The highest BCUT2D eigenvalue weighted by atomic mass is 15.1. The molecule has 0 rings (SSSR count). The predicted molar refractivity (Wildman–Crippen MR) is 51.2 cm³/mol. The third-order valence-electron chi connectivity index (χ3n) is 1.71. The van der Waals surface area contributed by atoms with Gasteiger partial charge < -0.3 is 4.90 Å². The highest BCUT2D eigenvalue weighted by Crippen LogP contribution is 2.17. The zero-order valence-corrected chi connectivity index (χ0v) is 8.31. The summed E-state index contributed by atoms with van der Waals surface area (Å²) in [6, 6.07) is 0. The van der Waals surface area contributed by atoms with E-state index in [0.717, 1.165) is 0 Å². The molecule has 0 aliphatic carbocycles. The largest absolute Gasteiger partial charge is 0.355 e. The summed E-state index contributed by atoms with van der Waals surface area (Å²) in [6.45, 7) is 12.4. The lowest BCUT2D eigenvalue weighted by Gasteiger charge is -2.23. The zero-order valence-electron chi connectivity index (χ0n) is 8.31. The fourth-order valence-corrected chi connectivity index (χ4v) is 1.44. The highest BCUT2D eigenvalue weighted by Gasteiger charge is 2.07. The minimum atomic E-state index is 0.572. The van der Waals surface area contributed by atoms with Gasteiger partial charge in [0, 0.05) is 12.7 Å². The Bertz CT molecular complexity index is 162. The summed E-state index contributed by atoms with van der Waals surface area (Å²) in [5.41, 5.74) is 2.72. The van der Waals surface area contributed by atoms with Crippen LogP contribution in [-0.4, -0.2) is 11.9 Å². The van der Waals surface area contributed by atoms with Crippen LogP contribution in [0.3, 0.4) is 0 Å². The molecule has 11 heavy (non-hydrogen) atoms. The highest BCUT2D eigenvalue weighted by molar-refractivity contribution is 5.12. The molecule has 0 saturated heterocycles. The van der Waals surface area contributed by atoms with Gasteiger partial charge in [0.15, 0.2) is 0 Å². The Morgan fingerprint density at radius 2 is 1.82 bits per heavy atom. The quantitative estimate of drug-likeness (QED) is 0.602. The van der Waals surface area contributed by atoms with Gasteiger partial charge >= 0.3 is 0 Å². The summed E-state index contributed by atoms with van der Waals surface area (Å²) < 4.78 is 0. The van der Waals surface area contributed by atoms with Crippen LogP contribution in [0.25, 0.3) is 0 Å². The van der Waals surface area contributed by atoms with E-state index in [-0.39, 0.29) is 0 Å². The average Bonchev–Trinajstić information content (AvgIpc) is 1.85. The molecular weight excluding hydrogens is 134 g/mol. The van der Waals surface area contributed by atoms with Crippen LogP contribution in [0.4, 0.5) is 0 Å². The third-order valence-corrected chi connectivity index (χ3v) is 1.71. The van der Waals surface area contributed by atoms with Gasteiger partial charge in [-0.1, -0.05) is 26.0 Å². The van der Waals surface area contributed by atoms with E-state index in [4.69, 9.17) is 0 Å². The van der Waals surface area contributed by atoms with Crippen LogP contribution in [0.2, 0.25) is 0 Å². The molecule has 0 aliphatic heterocycles. The Morgan fingerprint density at radius 1 is 1.36 bits per heavy atom. The molecule has 0 aromatic carbocycles. The second-order valence-corrected chi connectivity index (χ2v) is 3.33. The summed E-state index contributed by atoms with van der Waals surface area (Å²) in [7, 11) is 2.04. The molecule has 64 valence electrons. The molecule has 0 fully saturated rings. The number of hydrogen-bond acceptors (Lipinski definition) is 1. The van der Waals surface area contributed by atoms with E-state index in [2.05, 4.69) is 39.2 Å². The van der Waals surface area contributed by atoms with Gasteiger partial charge in [0.2, 0.25) is 0 Å². The first-order valence-corrected chi connectivity index (χ1v) is 4.03. The van der Waals surface area contributed by atoms with Crippen molar-refractivity contribution in [2.45, 2.75) is 27.7 Å². The third kappa shape index (κ3) is 2.79. The maximum absolute atomic E-state index is 3.74. The predicted octanol–water partition coefficient (Wildman–Crippen LogP) is 3.01. The summed E-state index contributed by atoms with van der Waals surface area (Å²) in [5.74, 6) is 0.572. The number of hydrogen-bond donors (Lipinski definition) is 0. The molecule has 0 radical (unpaired) electrons. The Morgan fingerprint density at radius 3 is 1.91 bits per heavy atom. The number of rotatable bonds is 3. The van der Waals surface area contributed by atoms with Gasteiger partial charge in [-0.2, -0.15) is 0 Å². The van der Waals surface area contributed by atoms with Crippen LogP contribution in [-0.2, 0) is 0 Å². The molecule has 0 saturated carbocycles. The summed E-state index contributed by atoms with van der Waals surface area (Å²) in [6.07, 6.45) is 1.85. The Kier molecular flexibility index (Phi) is 3.94. The lowest BCUT2D eigenvalue weighted by molar-refractivity contribution is 0.481. The summed E-state index contributed by atoms with van der Waals surface area (Å²) >= 11 is 0. The lowest BCUT2D eigenvalue weighted by Crippen LogP contribution is -2.15. The molecule has 0 amide bonds. The number of nitrogens with zero attached hydrogens (tertiary/aromatic N) is 1. The lowest BCUT2D eigenvalue weighted by atomic mass is 10.1. The molecule has 0 N–H and O–H groups in total. The van der Waals surface area contributed by atoms with E-state index in [1.165, 1.54) is 11.3 Å². The van der Waals surface area contributed by atoms with E-state index in [0.29, 0.717) is 5.92 Å². The van der Waals surface area contributed by atoms with Crippen LogP contribution in [0.1, 0.15) is 27.7 Å². The topological polar surface area (TPSA) is 3.24 Å². The van der Waals surface area contributed by atoms with Crippen molar-refractivity contribution >= 4 is 0 Å². The average molecular weight is 153 g/mol. The van der Waals surface area contributed by atoms with Gasteiger partial charge in [0.25, 0.3) is 0 Å². The standard InChI is InChI=1S/C10H19N/c1-7-11(6)10(8(2)3)9(4)5/h7-8H,1H2,2-6H3. The monoisotopic (exact) mass is 153 g/mol. The fourth-order valence-electron chi connectivity index (χ4n) is 1.44. The van der Waals surface area contributed by atoms with Crippen molar-refractivity contribution < 1.29 is 0 Å². The van der Waals surface area contributed by atoms with E-state index in [1.807, 2.05) is 13.2 Å². The van der Waals surface area contributed by atoms with Crippen molar-refractivity contribution in [2.75, 3.05) is 7.05 Å². The van der Waals surface area contributed by atoms with Crippen molar-refractivity contribution in [3.05, 3.63) is 24.0 Å². The van der Waals surface area contributed by atoms with Crippen molar-refractivity contribution in [3.63, 3.8) is 0 Å². The van der Waals surface area contributed by atoms with Crippen molar-refractivity contribution in [2.24, 2.45) is 5.92 Å². The molecule has 1 heteroatoms. The first-order valence-electron chi connectivity index (χ1n) is 4.03. The van der Waals surface area contributed by atoms with Gasteiger partial charge in [-0.15, -0.1) is 0 Å². The smallest absolute Gasteiger partial charge is 0.0182 e. The van der Waals surface area contributed by atoms with Gasteiger partial charge in [-0.05, 0) is 26.0 Å². The Hall–Kier alpha value is -0.720. The first-order chi connectivity index (χ1) is 5.00. The minimum Gasteiger partial charge on any atom is -0.355 e. The number of allylic oxidation sites excluding steroid dienone is 2. The molecule has 0 heterocycles. The van der Waals surface area contributed by atoms with E-state index < -0.39 is 0 Å². The molecule has 1 nitrogen and oxygen atoms in total. The normalized spacial score (nSPS) is 9.64. The van der Waals surface area contributed by atoms with Crippen molar-refractivity contribution in [3.8, 4) is 0 Å². The molecule has 0 spiro atoms. The molecule has 0 bridgehead atoms. The summed E-state index contributed by atoms with van der Waals surface area (Å²) in [4.78, 5) is 2.08. The molecule has 0 aromatic heterocycles. The second-order valence-electron chi connectivity index (χ2n) is 3.33. The van der Waals surface area contributed by atoms with Crippen LogP contribution in [0.15, 0.2) is 24.0 Å². The maximum atomic E-state index is 3.74. The molecule has 0 aliphatic rings. The SMILES string of the molecule is C=CN(C)C(=C(C)C)C(C)C. The molecule has 0 unspecified atom stereocenters. The van der Waals surface area contributed by atoms with Crippen LogP contribution in [0, 0.1) is 5.92 Å². The van der Waals surface area contributed by atoms with E-state index in [9.17, 15) is 0 Å². The van der Waals surface area contributed by atoms with Gasteiger partial charge in [0.1, 0.15) is 0 Å². The van der Waals surface area contributed by atoms with E-state index >= 15 is 0 Å². The van der Waals surface area contributed by atoms with Crippen molar-refractivity contribution in [1.82, 2.24) is 4.90 Å². The van der Waals surface area contributed by atoms with Crippen molar-refractivity contribution in [1.29, 1.82) is 0 Å². The maximum Gasteiger partial charge on any atom is 0.0182 e. The molecule has 0 aromatic rings. The fraction of sp³-hybridized carbons (Fsp3) is 0.600. The molecule has 0 atom stereocenters. The van der Waals surface area contributed by atoms with Gasteiger partial charge in [-0.3, -0.25) is 0 Å². The second kappa shape index (κ2) is 4.22. The Labute approximate surface area is 70.4 Å². The van der Waals surface area contributed by atoms with E-state index in [1.54, 1.807) is 0 Å². The van der Waals surface area contributed by atoms with Gasteiger partial charge in [-0.25, -0.2) is 0 Å². The molecular formula is C10H19N. The summed E-state index contributed by atoms with van der Waals surface area (Å²) in [5, 5.41) is 0. The van der Waals surface area contributed by atoms with Crippen LogP contribution >= 0.6 is 0 Å². The minimum absolute atomic E-state index is 0.572. The van der Waals surface area contributed by atoms with Crippen LogP contribution < -0.4 is 0 Å². The van der Waals surface area contributed by atoms with Crippen LogP contribution in [0.5, 0.6) is 0 Å². The first kappa shape index (κ1) is 10.3. The van der Waals surface area contributed by atoms with Gasteiger partial charge in [0.05, 0.1) is 0 Å².